The summed E-state index contributed by atoms with van der Waals surface area (Å²) < 4.78 is 20.3. The molecule has 1 amide bonds. The van der Waals surface area contributed by atoms with E-state index in [1.807, 2.05) is 35.2 Å². The Hall–Kier alpha value is -1.87. The number of carbonyl (C=O) groups excluding carboxylic acids is 1. The van der Waals surface area contributed by atoms with E-state index in [1.54, 1.807) is 17.8 Å². The van der Waals surface area contributed by atoms with Gasteiger partial charge in [0.05, 0.1) is 14.5 Å². The molecule has 0 radical (unpaired) electrons. The van der Waals surface area contributed by atoms with Crippen LogP contribution in [0, 0.1) is 9.39 Å². The van der Waals surface area contributed by atoms with Crippen LogP contribution in [0.1, 0.15) is 75.3 Å². The summed E-state index contributed by atoms with van der Waals surface area (Å²) in [5.41, 5.74) is 1.76. The van der Waals surface area contributed by atoms with Gasteiger partial charge in [-0.05, 0) is 102 Å². The fourth-order valence-corrected chi connectivity index (χ4v) is 7.07. The molecule has 1 heterocycles. The van der Waals surface area contributed by atoms with Crippen molar-refractivity contribution in [3.05, 3.63) is 67.9 Å². The highest BCUT2D eigenvalue weighted by molar-refractivity contribution is 14.1. The van der Waals surface area contributed by atoms with E-state index in [0.29, 0.717) is 12.6 Å². The topological polar surface area (TPSA) is 41.9 Å². The Labute approximate surface area is 230 Å². The molecular weight excluding hydrogens is 586 g/mol. The number of halogens is 2. The van der Waals surface area contributed by atoms with E-state index in [2.05, 4.69) is 22.6 Å². The summed E-state index contributed by atoms with van der Waals surface area (Å²) >= 11 is 3.80. The van der Waals surface area contributed by atoms with Gasteiger partial charge in [0.1, 0.15) is 18.2 Å². The minimum atomic E-state index is -0.264. The molecule has 2 aliphatic carbocycles. The zero-order valence-electron chi connectivity index (χ0n) is 20.4. The predicted molar refractivity (Wildman–Crippen MR) is 153 cm³/mol. The summed E-state index contributed by atoms with van der Waals surface area (Å²) in [4.78, 5) is 21.5. The molecule has 0 spiro atoms. The average Bonchev–Trinajstić information content (AvgIpc) is 3.18. The van der Waals surface area contributed by atoms with Crippen molar-refractivity contribution in [2.75, 3.05) is 0 Å². The molecule has 2 saturated carbocycles. The van der Waals surface area contributed by atoms with Gasteiger partial charge in [0, 0.05) is 6.04 Å². The van der Waals surface area contributed by atoms with Gasteiger partial charge in [-0.15, -0.1) is 0 Å². The molecule has 2 aromatic rings. The molecule has 5 rings (SSSR count). The molecule has 2 aromatic carbocycles. The average molecular weight is 619 g/mol. The molecule has 0 unspecified atom stereocenters. The molecule has 0 atom stereocenters. The Balaban J connectivity index is 1.34. The van der Waals surface area contributed by atoms with Gasteiger partial charge in [-0.3, -0.25) is 14.7 Å². The van der Waals surface area contributed by atoms with Crippen molar-refractivity contribution < 1.29 is 13.9 Å². The molecule has 0 N–H and O–H groups in total. The van der Waals surface area contributed by atoms with E-state index < -0.39 is 0 Å². The van der Waals surface area contributed by atoms with Crippen LogP contribution < -0.4 is 4.74 Å². The molecule has 4 nitrogen and oxygen atoms in total. The molecule has 3 aliphatic rings. The Morgan fingerprint density at radius 1 is 1.03 bits per heavy atom. The monoisotopic (exact) mass is 618 g/mol. The van der Waals surface area contributed by atoms with Crippen LogP contribution in [0.25, 0.3) is 6.08 Å². The number of benzene rings is 2. The number of ether oxygens (including phenoxy) is 1. The second kappa shape index (κ2) is 12.1. The highest BCUT2D eigenvalue weighted by Crippen LogP contribution is 2.39. The number of amidine groups is 1. The van der Waals surface area contributed by atoms with Crippen molar-refractivity contribution in [2.45, 2.75) is 82.9 Å². The minimum Gasteiger partial charge on any atom is -0.488 e. The second-order valence-electron chi connectivity index (χ2n) is 9.89. The molecule has 1 saturated heterocycles. The number of hydrogen-bond donors (Lipinski definition) is 0. The first-order chi connectivity index (χ1) is 17.6. The second-order valence-corrected chi connectivity index (χ2v) is 12.1. The minimum absolute atomic E-state index is 0.0999. The van der Waals surface area contributed by atoms with E-state index in [1.165, 1.54) is 50.7 Å². The maximum Gasteiger partial charge on any atom is 0.266 e. The molecule has 3 fully saturated rings. The third-order valence-electron chi connectivity index (χ3n) is 7.18. The van der Waals surface area contributed by atoms with Gasteiger partial charge in [-0.25, -0.2) is 4.39 Å². The van der Waals surface area contributed by atoms with Gasteiger partial charge in [0.25, 0.3) is 5.91 Å². The number of aliphatic imine (C=N–C) groups is 1. The fraction of sp³-hybridized carbons (Fsp3) is 0.448. The lowest BCUT2D eigenvalue weighted by Gasteiger charge is -2.31. The third kappa shape index (κ3) is 6.33. The Kier molecular flexibility index (Phi) is 8.67. The highest BCUT2D eigenvalue weighted by atomic mass is 127. The van der Waals surface area contributed by atoms with Crippen molar-refractivity contribution in [3.63, 3.8) is 0 Å². The molecule has 7 heteroatoms. The number of amides is 1. The van der Waals surface area contributed by atoms with Crippen LogP contribution >= 0.6 is 34.4 Å². The lowest BCUT2D eigenvalue weighted by molar-refractivity contribution is -0.124. The molecule has 1 aliphatic heterocycles. The maximum absolute atomic E-state index is 13.6. The smallest absolute Gasteiger partial charge is 0.266 e. The van der Waals surface area contributed by atoms with Gasteiger partial charge in [0.2, 0.25) is 0 Å². The van der Waals surface area contributed by atoms with Crippen molar-refractivity contribution in [1.82, 2.24) is 4.90 Å². The lowest BCUT2D eigenvalue weighted by atomic mass is 9.94. The lowest BCUT2D eigenvalue weighted by Crippen LogP contribution is -2.41. The summed E-state index contributed by atoms with van der Waals surface area (Å²) in [6, 6.07) is 13.0. The standard InChI is InChI=1S/C29H32FIN2O2S/c30-22-9-7-8-21(16-22)19-35-26-15-14-20(17-25(26)31)18-27-28(34)33(24-12-5-2-6-13-24)29(36-27)32-23-10-3-1-4-11-23/h7-9,14-18,23-24H,1-6,10-13,19H2. The zero-order valence-corrected chi connectivity index (χ0v) is 23.4. The normalized spacial score (nSPS) is 22.1. The summed E-state index contributed by atoms with van der Waals surface area (Å²) in [6.45, 7) is 0.305. The molecule has 36 heavy (non-hydrogen) atoms. The zero-order chi connectivity index (χ0) is 24.9. The van der Waals surface area contributed by atoms with Crippen LogP contribution in [-0.2, 0) is 11.4 Å². The van der Waals surface area contributed by atoms with E-state index >= 15 is 0 Å². The quantitative estimate of drug-likeness (QED) is 0.244. The van der Waals surface area contributed by atoms with Gasteiger partial charge in [-0.2, -0.15) is 0 Å². The van der Waals surface area contributed by atoms with E-state index in [-0.39, 0.29) is 17.8 Å². The molecule has 0 bridgehead atoms. The molecule has 0 aromatic heterocycles. The van der Waals surface area contributed by atoms with Crippen LogP contribution in [0.5, 0.6) is 5.75 Å². The van der Waals surface area contributed by atoms with Crippen molar-refractivity contribution >= 4 is 51.5 Å². The number of thioether (sulfide) groups is 1. The number of rotatable bonds is 6. The third-order valence-corrected chi connectivity index (χ3v) is 9.02. The van der Waals surface area contributed by atoms with E-state index in [4.69, 9.17) is 9.73 Å². The SMILES string of the molecule is O=C1C(=Cc2ccc(OCc3cccc(F)c3)c(I)c2)SC(=NC2CCCCC2)N1C1CCCCC1. The van der Waals surface area contributed by atoms with Crippen LogP contribution in [-0.4, -0.2) is 28.1 Å². The van der Waals surface area contributed by atoms with Gasteiger partial charge in [0.15, 0.2) is 5.17 Å². The summed E-state index contributed by atoms with van der Waals surface area (Å²) in [5.74, 6) is 0.582. The van der Waals surface area contributed by atoms with Crippen LogP contribution in [0.15, 0.2) is 52.4 Å². The number of hydrogen-bond acceptors (Lipinski definition) is 4. The largest absolute Gasteiger partial charge is 0.488 e. The van der Waals surface area contributed by atoms with Gasteiger partial charge < -0.3 is 4.74 Å². The van der Waals surface area contributed by atoms with Gasteiger partial charge in [-0.1, -0.05) is 56.7 Å². The Bertz CT molecular complexity index is 1160. The van der Waals surface area contributed by atoms with Crippen molar-refractivity contribution in [1.29, 1.82) is 0 Å². The number of carbonyl (C=O) groups is 1. The van der Waals surface area contributed by atoms with Crippen LogP contribution in [0.4, 0.5) is 4.39 Å². The van der Waals surface area contributed by atoms with E-state index in [0.717, 1.165) is 56.2 Å². The fourth-order valence-electron chi connectivity index (χ4n) is 5.27. The van der Waals surface area contributed by atoms with Crippen LogP contribution in [0.2, 0.25) is 0 Å². The first-order valence-electron chi connectivity index (χ1n) is 13.0. The van der Waals surface area contributed by atoms with E-state index in [9.17, 15) is 9.18 Å². The maximum atomic E-state index is 13.6. The first kappa shape index (κ1) is 25.8. The van der Waals surface area contributed by atoms with Crippen molar-refractivity contribution in [2.24, 2.45) is 4.99 Å². The molecular formula is C29H32FIN2O2S. The van der Waals surface area contributed by atoms with Crippen molar-refractivity contribution in [3.8, 4) is 5.75 Å². The summed E-state index contributed by atoms with van der Waals surface area (Å²) in [5, 5.41) is 0.912. The molecule has 190 valence electrons. The summed E-state index contributed by atoms with van der Waals surface area (Å²) in [6.07, 6.45) is 13.8. The highest BCUT2D eigenvalue weighted by Gasteiger charge is 2.39. The Morgan fingerprint density at radius 2 is 1.78 bits per heavy atom. The Morgan fingerprint density at radius 3 is 2.50 bits per heavy atom. The first-order valence-corrected chi connectivity index (χ1v) is 14.9. The number of nitrogens with zero attached hydrogens (tertiary/aromatic N) is 2. The predicted octanol–water partition coefficient (Wildman–Crippen LogP) is 7.95. The van der Waals surface area contributed by atoms with Crippen LogP contribution in [0.3, 0.4) is 0 Å². The van der Waals surface area contributed by atoms with Gasteiger partial charge >= 0.3 is 0 Å². The summed E-state index contributed by atoms with van der Waals surface area (Å²) in [7, 11) is 0.